The maximum atomic E-state index is 12.3. The van der Waals surface area contributed by atoms with Crippen molar-refractivity contribution in [3.8, 4) is 5.75 Å². The van der Waals surface area contributed by atoms with Crippen LogP contribution in [-0.4, -0.2) is 18.4 Å². The van der Waals surface area contributed by atoms with Crippen LogP contribution < -0.4 is 15.8 Å². The van der Waals surface area contributed by atoms with Crippen molar-refractivity contribution < 1.29 is 17.9 Å². The molecule has 1 fully saturated rings. The van der Waals surface area contributed by atoms with Gasteiger partial charge in [0.2, 0.25) is 0 Å². The molecule has 1 aromatic rings. The summed E-state index contributed by atoms with van der Waals surface area (Å²) in [6, 6.07) is 4.73. The van der Waals surface area contributed by atoms with Gasteiger partial charge < -0.3 is 15.8 Å². The van der Waals surface area contributed by atoms with Gasteiger partial charge in [0, 0.05) is 16.6 Å². The SMILES string of the molecule is NC1CC(Nc2ccc(Br)cc2OC(F)(F)F)C1. The summed E-state index contributed by atoms with van der Waals surface area (Å²) in [5, 5.41) is 3.00. The fraction of sp³-hybridized carbons (Fsp3) is 0.455. The summed E-state index contributed by atoms with van der Waals surface area (Å²) in [6.07, 6.45) is -3.20. The molecule has 1 aliphatic rings. The van der Waals surface area contributed by atoms with E-state index in [1.807, 2.05) is 0 Å². The van der Waals surface area contributed by atoms with E-state index in [2.05, 4.69) is 26.0 Å². The Morgan fingerprint density at radius 1 is 1.33 bits per heavy atom. The summed E-state index contributed by atoms with van der Waals surface area (Å²) in [6.45, 7) is 0. The molecular formula is C11H12BrF3N2O. The smallest absolute Gasteiger partial charge is 0.404 e. The lowest BCUT2D eigenvalue weighted by Gasteiger charge is -2.34. The van der Waals surface area contributed by atoms with Gasteiger partial charge in [-0.05, 0) is 31.0 Å². The molecule has 0 bridgehead atoms. The van der Waals surface area contributed by atoms with Crippen LogP contribution in [0.3, 0.4) is 0 Å². The Bertz CT molecular complexity index is 433. The van der Waals surface area contributed by atoms with Crippen molar-refractivity contribution >= 4 is 21.6 Å². The second kappa shape index (κ2) is 4.97. The summed E-state index contributed by atoms with van der Waals surface area (Å²) in [4.78, 5) is 0. The van der Waals surface area contributed by atoms with E-state index in [0.29, 0.717) is 10.2 Å². The number of nitrogens with one attached hydrogen (secondary N) is 1. The van der Waals surface area contributed by atoms with Crippen LogP contribution in [0.2, 0.25) is 0 Å². The number of benzene rings is 1. The van der Waals surface area contributed by atoms with Gasteiger partial charge in [-0.15, -0.1) is 13.2 Å². The van der Waals surface area contributed by atoms with E-state index >= 15 is 0 Å². The Balaban J connectivity index is 2.12. The first kappa shape index (κ1) is 13.5. The zero-order valence-electron chi connectivity index (χ0n) is 9.30. The van der Waals surface area contributed by atoms with Gasteiger partial charge in [-0.3, -0.25) is 0 Å². The number of alkyl halides is 3. The van der Waals surface area contributed by atoms with Crippen molar-refractivity contribution in [2.75, 3.05) is 5.32 Å². The molecule has 0 aliphatic heterocycles. The van der Waals surface area contributed by atoms with Crippen LogP contribution in [0.15, 0.2) is 22.7 Å². The highest BCUT2D eigenvalue weighted by Crippen LogP contribution is 2.35. The molecule has 18 heavy (non-hydrogen) atoms. The quantitative estimate of drug-likeness (QED) is 0.897. The first-order valence-corrected chi connectivity index (χ1v) is 6.20. The van der Waals surface area contributed by atoms with Crippen molar-refractivity contribution in [1.29, 1.82) is 0 Å². The summed E-state index contributed by atoms with van der Waals surface area (Å²) >= 11 is 3.12. The Kier molecular flexibility index (Phi) is 3.72. The largest absolute Gasteiger partial charge is 0.573 e. The molecule has 1 saturated carbocycles. The zero-order valence-corrected chi connectivity index (χ0v) is 10.9. The van der Waals surface area contributed by atoms with Crippen molar-refractivity contribution in [3.63, 3.8) is 0 Å². The molecule has 100 valence electrons. The first-order chi connectivity index (χ1) is 8.33. The number of halogens is 4. The van der Waals surface area contributed by atoms with Gasteiger partial charge in [0.05, 0.1) is 5.69 Å². The van der Waals surface area contributed by atoms with Crippen molar-refractivity contribution in [3.05, 3.63) is 22.7 Å². The van der Waals surface area contributed by atoms with E-state index in [-0.39, 0.29) is 17.8 Å². The van der Waals surface area contributed by atoms with E-state index < -0.39 is 6.36 Å². The van der Waals surface area contributed by atoms with Crippen LogP contribution in [0.4, 0.5) is 18.9 Å². The molecule has 0 aromatic heterocycles. The minimum Gasteiger partial charge on any atom is -0.404 e. The van der Waals surface area contributed by atoms with Gasteiger partial charge in [-0.1, -0.05) is 15.9 Å². The number of ether oxygens (including phenoxy) is 1. The third kappa shape index (κ3) is 3.52. The fourth-order valence-corrected chi connectivity index (χ4v) is 2.16. The zero-order chi connectivity index (χ0) is 13.3. The number of hydrogen-bond acceptors (Lipinski definition) is 3. The predicted octanol–water partition coefficient (Wildman–Crippen LogP) is 3.25. The lowest BCUT2D eigenvalue weighted by molar-refractivity contribution is -0.274. The predicted molar refractivity (Wildman–Crippen MR) is 65.4 cm³/mol. The molecule has 0 unspecified atom stereocenters. The standard InChI is InChI=1S/C11H12BrF3N2O/c12-6-1-2-9(17-8-4-7(16)5-8)10(3-6)18-11(13,14)15/h1-3,7-8,17H,4-5,16H2. The minimum absolute atomic E-state index is 0.108. The van der Waals surface area contributed by atoms with Gasteiger partial charge in [-0.2, -0.15) is 0 Å². The highest BCUT2D eigenvalue weighted by atomic mass is 79.9. The normalized spacial score (nSPS) is 23.4. The Morgan fingerprint density at radius 2 is 2.00 bits per heavy atom. The molecule has 7 heteroatoms. The van der Waals surface area contributed by atoms with Crippen LogP contribution in [0.25, 0.3) is 0 Å². The van der Waals surface area contributed by atoms with Crippen molar-refractivity contribution in [2.24, 2.45) is 5.73 Å². The number of rotatable bonds is 3. The monoisotopic (exact) mass is 324 g/mol. The van der Waals surface area contributed by atoms with Crippen LogP contribution in [0.5, 0.6) is 5.75 Å². The second-order valence-electron chi connectivity index (χ2n) is 4.26. The third-order valence-electron chi connectivity index (χ3n) is 2.70. The molecule has 0 spiro atoms. The lowest BCUT2D eigenvalue weighted by Crippen LogP contribution is -2.44. The average Bonchev–Trinajstić information content (AvgIpc) is 2.17. The average molecular weight is 325 g/mol. The summed E-state index contributed by atoms with van der Waals surface area (Å²) in [5.74, 6) is -0.239. The van der Waals surface area contributed by atoms with Gasteiger partial charge in [-0.25, -0.2) is 0 Å². The third-order valence-corrected chi connectivity index (χ3v) is 3.20. The first-order valence-electron chi connectivity index (χ1n) is 5.41. The van der Waals surface area contributed by atoms with E-state index in [1.54, 1.807) is 12.1 Å². The van der Waals surface area contributed by atoms with Crippen LogP contribution in [0.1, 0.15) is 12.8 Å². The van der Waals surface area contributed by atoms with Crippen LogP contribution in [0, 0.1) is 0 Å². The van der Waals surface area contributed by atoms with E-state index in [4.69, 9.17) is 5.73 Å². The highest BCUT2D eigenvalue weighted by Gasteiger charge is 2.33. The molecule has 1 aromatic carbocycles. The molecule has 0 amide bonds. The minimum atomic E-state index is -4.70. The Morgan fingerprint density at radius 3 is 2.56 bits per heavy atom. The van der Waals surface area contributed by atoms with Gasteiger partial charge >= 0.3 is 6.36 Å². The van der Waals surface area contributed by atoms with Crippen molar-refractivity contribution in [1.82, 2.24) is 0 Å². The molecule has 3 N–H and O–H groups in total. The maximum absolute atomic E-state index is 12.3. The molecule has 0 heterocycles. The molecule has 0 radical (unpaired) electrons. The number of anilines is 1. The fourth-order valence-electron chi connectivity index (χ4n) is 1.82. The molecule has 1 aliphatic carbocycles. The van der Waals surface area contributed by atoms with Crippen molar-refractivity contribution in [2.45, 2.75) is 31.3 Å². The van der Waals surface area contributed by atoms with Crippen LogP contribution in [-0.2, 0) is 0 Å². The lowest BCUT2D eigenvalue weighted by atomic mass is 9.87. The Hall–Kier alpha value is -0.950. The second-order valence-corrected chi connectivity index (χ2v) is 5.18. The van der Waals surface area contributed by atoms with Gasteiger partial charge in [0.25, 0.3) is 0 Å². The topological polar surface area (TPSA) is 47.3 Å². The molecule has 3 nitrogen and oxygen atoms in total. The summed E-state index contributed by atoms with van der Waals surface area (Å²) < 4.78 is 41.3. The molecule has 0 saturated heterocycles. The Labute approximate surface area is 111 Å². The molecular weight excluding hydrogens is 313 g/mol. The number of nitrogens with two attached hydrogens (primary N) is 1. The van der Waals surface area contributed by atoms with Gasteiger partial charge in [0.1, 0.15) is 0 Å². The molecule has 0 atom stereocenters. The van der Waals surface area contributed by atoms with E-state index in [1.165, 1.54) is 6.07 Å². The summed E-state index contributed by atoms with van der Waals surface area (Å²) in [5.41, 5.74) is 5.95. The molecule has 2 rings (SSSR count). The van der Waals surface area contributed by atoms with Gasteiger partial charge in [0.15, 0.2) is 5.75 Å². The summed E-state index contributed by atoms with van der Waals surface area (Å²) in [7, 11) is 0. The van der Waals surface area contributed by atoms with E-state index in [0.717, 1.165) is 12.8 Å². The van der Waals surface area contributed by atoms with Crippen LogP contribution >= 0.6 is 15.9 Å². The van der Waals surface area contributed by atoms with E-state index in [9.17, 15) is 13.2 Å². The highest BCUT2D eigenvalue weighted by molar-refractivity contribution is 9.10. The number of hydrogen-bond donors (Lipinski definition) is 2. The maximum Gasteiger partial charge on any atom is 0.573 e.